The molecule has 20 heavy (non-hydrogen) atoms. The number of phenolic OH excluding ortho intramolecular Hbond substituents is 1. The van der Waals surface area contributed by atoms with Crippen molar-refractivity contribution in [2.24, 2.45) is 5.92 Å². The van der Waals surface area contributed by atoms with Gasteiger partial charge in [-0.2, -0.15) is 0 Å². The summed E-state index contributed by atoms with van der Waals surface area (Å²) in [7, 11) is 0. The van der Waals surface area contributed by atoms with E-state index >= 15 is 0 Å². The maximum atomic E-state index is 11.3. The zero-order valence-corrected chi connectivity index (χ0v) is 12.0. The van der Waals surface area contributed by atoms with Crippen molar-refractivity contribution in [3.05, 3.63) is 23.3 Å². The van der Waals surface area contributed by atoms with E-state index in [0.717, 1.165) is 17.5 Å². The van der Waals surface area contributed by atoms with Crippen LogP contribution in [-0.4, -0.2) is 34.3 Å². The van der Waals surface area contributed by atoms with Gasteiger partial charge in [0.2, 0.25) is 0 Å². The van der Waals surface area contributed by atoms with Crippen LogP contribution in [0.4, 0.5) is 10.5 Å². The number of carboxylic acid groups (broad SMARTS) is 1. The number of phenols is 1. The molecule has 1 aliphatic heterocycles. The SMILES string of the molecule is CC(C)CC1CN(C(=O)O)CCc2cc(N)c(O)cc21. The lowest BCUT2D eigenvalue weighted by Gasteiger charge is -2.24. The Morgan fingerprint density at radius 2 is 2.20 bits per heavy atom. The summed E-state index contributed by atoms with van der Waals surface area (Å²) in [5.74, 6) is 0.651. The van der Waals surface area contributed by atoms with Crippen molar-refractivity contribution in [3.63, 3.8) is 0 Å². The number of hydrogen-bond donors (Lipinski definition) is 3. The smallest absolute Gasteiger partial charge is 0.407 e. The largest absolute Gasteiger partial charge is 0.506 e. The van der Waals surface area contributed by atoms with Crippen LogP contribution in [0, 0.1) is 5.92 Å². The van der Waals surface area contributed by atoms with Gasteiger partial charge in [0.05, 0.1) is 5.69 Å². The van der Waals surface area contributed by atoms with Crippen molar-refractivity contribution < 1.29 is 15.0 Å². The molecule has 5 heteroatoms. The molecule has 1 heterocycles. The van der Waals surface area contributed by atoms with Crippen LogP contribution in [0.25, 0.3) is 0 Å². The molecule has 110 valence electrons. The van der Waals surface area contributed by atoms with E-state index in [4.69, 9.17) is 5.73 Å². The van der Waals surface area contributed by atoms with Crippen molar-refractivity contribution in [1.82, 2.24) is 4.90 Å². The van der Waals surface area contributed by atoms with Crippen LogP contribution in [0.5, 0.6) is 5.75 Å². The van der Waals surface area contributed by atoms with Gasteiger partial charge < -0.3 is 20.8 Å². The summed E-state index contributed by atoms with van der Waals surface area (Å²) in [6.07, 6.45) is 0.643. The Hall–Kier alpha value is -1.91. The Labute approximate surface area is 119 Å². The van der Waals surface area contributed by atoms with Gasteiger partial charge in [0.15, 0.2) is 0 Å². The molecule has 0 bridgehead atoms. The third-order valence-electron chi connectivity index (χ3n) is 3.85. The number of benzene rings is 1. The van der Waals surface area contributed by atoms with Gasteiger partial charge >= 0.3 is 6.09 Å². The van der Waals surface area contributed by atoms with E-state index in [1.165, 1.54) is 4.90 Å². The van der Waals surface area contributed by atoms with Crippen LogP contribution >= 0.6 is 0 Å². The minimum absolute atomic E-state index is 0.0845. The number of nitrogens with two attached hydrogens (primary N) is 1. The topological polar surface area (TPSA) is 86.8 Å². The number of nitrogens with zero attached hydrogens (tertiary/aromatic N) is 1. The molecule has 1 amide bonds. The number of hydrogen-bond acceptors (Lipinski definition) is 3. The predicted octanol–water partition coefficient (Wildman–Crippen LogP) is 2.64. The van der Waals surface area contributed by atoms with E-state index < -0.39 is 6.09 Å². The molecule has 1 aromatic carbocycles. The van der Waals surface area contributed by atoms with Crippen molar-refractivity contribution in [3.8, 4) is 5.75 Å². The molecule has 4 N–H and O–H groups in total. The van der Waals surface area contributed by atoms with Crippen molar-refractivity contribution in [2.75, 3.05) is 18.8 Å². The molecule has 0 spiro atoms. The number of amides is 1. The number of rotatable bonds is 2. The maximum absolute atomic E-state index is 11.3. The molecule has 0 aliphatic carbocycles. The highest BCUT2D eigenvalue weighted by atomic mass is 16.4. The normalized spacial score (nSPS) is 18.8. The molecule has 2 rings (SSSR count). The summed E-state index contributed by atoms with van der Waals surface area (Å²) in [6, 6.07) is 3.49. The van der Waals surface area contributed by atoms with Gasteiger partial charge in [0.1, 0.15) is 5.75 Å². The number of nitrogen functional groups attached to an aromatic ring is 1. The van der Waals surface area contributed by atoms with Gasteiger partial charge in [-0.05, 0) is 42.0 Å². The Kier molecular flexibility index (Phi) is 4.06. The lowest BCUT2D eigenvalue weighted by Crippen LogP contribution is -2.33. The first-order chi connectivity index (χ1) is 9.38. The van der Waals surface area contributed by atoms with Crippen LogP contribution in [0.2, 0.25) is 0 Å². The average Bonchev–Trinajstić information content (AvgIpc) is 2.50. The van der Waals surface area contributed by atoms with E-state index in [1.54, 1.807) is 12.1 Å². The van der Waals surface area contributed by atoms with Crippen LogP contribution in [0.15, 0.2) is 12.1 Å². The lowest BCUT2D eigenvalue weighted by molar-refractivity contribution is 0.142. The number of fused-ring (bicyclic) bond motifs is 1. The number of carbonyl (C=O) groups is 1. The molecule has 0 fully saturated rings. The van der Waals surface area contributed by atoms with Crippen LogP contribution < -0.4 is 5.73 Å². The van der Waals surface area contributed by atoms with E-state index in [9.17, 15) is 15.0 Å². The molecule has 0 aromatic heterocycles. The van der Waals surface area contributed by atoms with Gasteiger partial charge in [0, 0.05) is 19.0 Å². The van der Waals surface area contributed by atoms with Crippen molar-refractivity contribution in [2.45, 2.75) is 32.6 Å². The summed E-state index contributed by atoms with van der Waals surface area (Å²) >= 11 is 0. The molecule has 1 aromatic rings. The highest BCUT2D eigenvalue weighted by Crippen LogP contribution is 2.35. The van der Waals surface area contributed by atoms with E-state index in [1.807, 2.05) is 0 Å². The summed E-state index contributed by atoms with van der Waals surface area (Å²) in [5, 5.41) is 19.1. The molecule has 5 nitrogen and oxygen atoms in total. The number of anilines is 1. The fourth-order valence-corrected chi connectivity index (χ4v) is 2.92. The molecule has 0 radical (unpaired) electrons. The van der Waals surface area contributed by atoms with E-state index in [0.29, 0.717) is 31.1 Å². The second-order valence-electron chi connectivity index (χ2n) is 5.91. The monoisotopic (exact) mass is 278 g/mol. The first kappa shape index (κ1) is 14.5. The van der Waals surface area contributed by atoms with Crippen LogP contribution in [0.1, 0.15) is 37.3 Å². The second kappa shape index (κ2) is 5.61. The van der Waals surface area contributed by atoms with Gasteiger partial charge in [-0.15, -0.1) is 0 Å². The molecule has 1 atom stereocenters. The first-order valence-electron chi connectivity index (χ1n) is 6.97. The molecular weight excluding hydrogens is 256 g/mol. The third-order valence-corrected chi connectivity index (χ3v) is 3.85. The summed E-state index contributed by atoms with van der Waals surface area (Å²) in [5.41, 5.74) is 8.20. The first-order valence-corrected chi connectivity index (χ1v) is 6.97. The Balaban J connectivity index is 2.40. The zero-order valence-electron chi connectivity index (χ0n) is 12.0. The van der Waals surface area contributed by atoms with E-state index in [-0.39, 0.29) is 11.7 Å². The minimum atomic E-state index is -0.885. The van der Waals surface area contributed by atoms with Gasteiger partial charge in [-0.25, -0.2) is 4.79 Å². The van der Waals surface area contributed by atoms with Gasteiger partial charge in [-0.1, -0.05) is 13.8 Å². The van der Waals surface area contributed by atoms with Crippen LogP contribution in [-0.2, 0) is 6.42 Å². The highest BCUT2D eigenvalue weighted by molar-refractivity contribution is 5.66. The summed E-state index contributed by atoms with van der Waals surface area (Å²) < 4.78 is 0. The van der Waals surface area contributed by atoms with Crippen molar-refractivity contribution in [1.29, 1.82) is 0 Å². The van der Waals surface area contributed by atoms with Crippen LogP contribution in [0.3, 0.4) is 0 Å². The standard InChI is InChI=1S/C15H22N2O3/c1-9(2)5-11-8-17(15(19)20)4-3-10-6-13(16)14(18)7-12(10)11/h6-7,9,11,18H,3-5,8,16H2,1-2H3,(H,19,20). The highest BCUT2D eigenvalue weighted by Gasteiger charge is 2.27. The molecule has 1 unspecified atom stereocenters. The fraction of sp³-hybridized carbons (Fsp3) is 0.533. The molecule has 1 aliphatic rings. The lowest BCUT2D eigenvalue weighted by atomic mass is 9.87. The van der Waals surface area contributed by atoms with Gasteiger partial charge in [0.25, 0.3) is 0 Å². The summed E-state index contributed by atoms with van der Waals surface area (Å²) in [4.78, 5) is 12.7. The Bertz CT molecular complexity index is 514. The molecule has 0 saturated heterocycles. The maximum Gasteiger partial charge on any atom is 0.407 e. The Morgan fingerprint density at radius 1 is 1.50 bits per heavy atom. The fourth-order valence-electron chi connectivity index (χ4n) is 2.92. The third kappa shape index (κ3) is 2.98. The Morgan fingerprint density at radius 3 is 2.80 bits per heavy atom. The molecule has 0 saturated carbocycles. The number of aromatic hydroxyl groups is 1. The zero-order chi connectivity index (χ0) is 14.9. The average molecular weight is 278 g/mol. The van der Waals surface area contributed by atoms with E-state index in [2.05, 4.69) is 13.8 Å². The van der Waals surface area contributed by atoms with Crippen molar-refractivity contribution >= 4 is 11.8 Å². The summed E-state index contributed by atoms with van der Waals surface area (Å²) in [6.45, 7) is 5.19. The minimum Gasteiger partial charge on any atom is -0.506 e. The molecular formula is C15H22N2O3. The van der Waals surface area contributed by atoms with Gasteiger partial charge in [-0.3, -0.25) is 0 Å². The quantitative estimate of drug-likeness (QED) is 0.573. The second-order valence-corrected chi connectivity index (χ2v) is 5.91. The predicted molar refractivity (Wildman–Crippen MR) is 78.0 cm³/mol.